The normalized spacial score (nSPS) is 11.3. The van der Waals surface area contributed by atoms with E-state index in [-0.39, 0.29) is 0 Å². The summed E-state index contributed by atoms with van der Waals surface area (Å²) in [7, 11) is 0. The van der Waals surface area contributed by atoms with Gasteiger partial charge in [0.1, 0.15) is 10.8 Å². The third-order valence-corrected chi connectivity index (χ3v) is 7.99. The summed E-state index contributed by atoms with van der Waals surface area (Å²) >= 11 is 3.35. The largest absolute Gasteiger partial charge is 0.342 e. The fourth-order valence-corrected chi connectivity index (χ4v) is 6.10. The van der Waals surface area contributed by atoms with Gasteiger partial charge in [-0.15, -0.1) is 11.3 Å². The van der Waals surface area contributed by atoms with Crippen molar-refractivity contribution in [3.63, 3.8) is 0 Å². The molecule has 9 heteroatoms. The van der Waals surface area contributed by atoms with Crippen LogP contribution in [-0.2, 0) is 6.42 Å². The van der Waals surface area contributed by atoms with E-state index >= 15 is 0 Å². The van der Waals surface area contributed by atoms with Crippen molar-refractivity contribution in [3.8, 4) is 0 Å². The number of fused-ring (bicyclic) bond motifs is 4. The lowest BCUT2D eigenvalue weighted by Crippen LogP contribution is -1.90. The molecule has 0 aliphatic rings. The van der Waals surface area contributed by atoms with Crippen LogP contribution in [0, 0.1) is 0 Å². The fourth-order valence-electron chi connectivity index (χ4n) is 4.27. The lowest BCUT2D eigenvalue weighted by Gasteiger charge is -1.94. The summed E-state index contributed by atoms with van der Waals surface area (Å²) < 4.78 is 2.40. The molecule has 184 valence electrons. The van der Waals surface area contributed by atoms with Gasteiger partial charge in [0.05, 0.1) is 48.9 Å². The highest BCUT2D eigenvalue weighted by Crippen LogP contribution is 2.28. The first-order valence-electron chi connectivity index (χ1n) is 12.1. The van der Waals surface area contributed by atoms with Crippen LogP contribution in [0.2, 0.25) is 0 Å². The number of benzene rings is 4. The Balaban J connectivity index is 0.000000127. The zero-order chi connectivity index (χ0) is 25.3. The van der Waals surface area contributed by atoms with Crippen molar-refractivity contribution in [2.45, 2.75) is 6.42 Å². The van der Waals surface area contributed by atoms with Gasteiger partial charge in [-0.3, -0.25) is 0 Å². The number of nitrogens with zero attached hydrogens (tertiary/aromatic N) is 4. The van der Waals surface area contributed by atoms with Crippen LogP contribution < -0.4 is 5.32 Å². The Labute approximate surface area is 225 Å². The summed E-state index contributed by atoms with van der Waals surface area (Å²) in [5.74, 6) is 1.69. The molecule has 0 saturated carbocycles. The predicted molar refractivity (Wildman–Crippen MR) is 158 cm³/mol. The van der Waals surface area contributed by atoms with Gasteiger partial charge in [-0.2, -0.15) is 0 Å². The Hall–Kier alpha value is -4.60. The first-order chi connectivity index (χ1) is 18.8. The Bertz CT molecular complexity index is 1590. The van der Waals surface area contributed by atoms with Gasteiger partial charge in [-0.25, -0.2) is 19.9 Å². The van der Waals surface area contributed by atoms with Gasteiger partial charge in [0.25, 0.3) is 0 Å². The molecule has 0 spiro atoms. The van der Waals surface area contributed by atoms with Crippen molar-refractivity contribution in [3.05, 3.63) is 108 Å². The van der Waals surface area contributed by atoms with Gasteiger partial charge < -0.3 is 15.3 Å². The van der Waals surface area contributed by atoms with E-state index in [1.165, 1.54) is 9.40 Å². The molecule has 3 N–H and O–H groups in total. The summed E-state index contributed by atoms with van der Waals surface area (Å²) in [6, 6.07) is 32.4. The number of aromatic nitrogens is 6. The molecule has 0 bridgehead atoms. The van der Waals surface area contributed by atoms with E-state index in [4.69, 9.17) is 0 Å². The molecule has 8 rings (SSSR count). The molecule has 8 aromatic rings. The third-order valence-electron chi connectivity index (χ3n) is 6.00. The maximum atomic E-state index is 4.64. The van der Waals surface area contributed by atoms with Crippen LogP contribution in [-0.4, -0.2) is 29.9 Å². The van der Waals surface area contributed by atoms with Gasteiger partial charge in [0, 0.05) is 0 Å². The Morgan fingerprint density at radius 3 is 1.79 bits per heavy atom. The minimum absolute atomic E-state index is 0.722. The van der Waals surface area contributed by atoms with Crippen LogP contribution in [0.25, 0.3) is 42.5 Å². The molecular formula is C29H21N7S2. The van der Waals surface area contributed by atoms with Crippen molar-refractivity contribution in [2.24, 2.45) is 0 Å². The van der Waals surface area contributed by atoms with E-state index in [0.29, 0.717) is 0 Å². The number of rotatable bonds is 4. The molecule has 4 aromatic heterocycles. The number of para-hydroxylation sites is 6. The second-order valence-electron chi connectivity index (χ2n) is 8.67. The van der Waals surface area contributed by atoms with Crippen LogP contribution in [0.4, 0.5) is 11.1 Å². The van der Waals surface area contributed by atoms with E-state index in [0.717, 1.165) is 61.4 Å². The van der Waals surface area contributed by atoms with Gasteiger partial charge in [-0.05, 0) is 48.5 Å². The molecule has 0 amide bonds. The van der Waals surface area contributed by atoms with Crippen molar-refractivity contribution >= 4 is 76.3 Å². The monoisotopic (exact) mass is 531 g/mol. The van der Waals surface area contributed by atoms with E-state index in [1.807, 2.05) is 84.9 Å². The summed E-state index contributed by atoms with van der Waals surface area (Å²) in [5, 5.41) is 5.17. The summed E-state index contributed by atoms with van der Waals surface area (Å²) in [6.07, 6.45) is 0.758. The molecule has 4 aromatic carbocycles. The molecule has 0 saturated heterocycles. The predicted octanol–water partition coefficient (Wildman–Crippen LogP) is 7.68. The number of anilines is 2. The lowest BCUT2D eigenvalue weighted by molar-refractivity contribution is 1.03. The van der Waals surface area contributed by atoms with Crippen LogP contribution in [0.3, 0.4) is 0 Å². The van der Waals surface area contributed by atoms with Gasteiger partial charge in [-0.1, -0.05) is 59.9 Å². The Kier molecular flexibility index (Phi) is 5.76. The molecule has 4 heterocycles. The Morgan fingerprint density at radius 1 is 0.553 bits per heavy atom. The van der Waals surface area contributed by atoms with Crippen LogP contribution >= 0.6 is 22.7 Å². The molecule has 0 fully saturated rings. The average Bonchev–Trinajstić information content (AvgIpc) is 3.71. The summed E-state index contributed by atoms with van der Waals surface area (Å²) in [4.78, 5) is 24.8. The number of aromatic amines is 2. The molecule has 0 radical (unpaired) electrons. The first kappa shape index (κ1) is 22.6. The quantitative estimate of drug-likeness (QED) is 0.216. The van der Waals surface area contributed by atoms with Crippen LogP contribution in [0.5, 0.6) is 0 Å². The molecule has 0 unspecified atom stereocenters. The number of thiazole rings is 2. The molecule has 0 aliphatic carbocycles. The first-order valence-corrected chi connectivity index (χ1v) is 13.8. The van der Waals surface area contributed by atoms with E-state index < -0.39 is 0 Å². The van der Waals surface area contributed by atoms with Crippen molar-refractivity contribution in [1.82, 2.24) is 29.9 Å². The molecular weight excluding hydrogens is 511 g/mol. The Morgan fingerprint density at radius 2 is 1.13 bits per heavy atom. The minimum atomic E-state index is 0.722. The maximum Gasteiger partial charge on any atom is 0.207 e. The smallest absolute Gasteiger partial charge is 0.207 e. The van der Waals surface area contributed by atoms with Crippen molar-refractivity contribution in [2.75, 3.05) is 5.32 Å². The van der Waals surface area contributed by atoms with Crippen molar-refractivity contribution < 1.29 is 0 Å². The molecule has 0 aliphatic heterocycles. The SMILES string of the molecule is c1ccc2[nH]c(Cc3nc4ccccc4s3)nc2c1.c1ccc2[nH]c(Nc3nc4ccccc4s3)nc2c1. The number of hydrogen-bond donors (Lipinski definition) is 3. The second kappa shape index (κ2) is 9.70. The number of hydrogen-bond acceptors (Lipinski definition) is 7. The fraction of sp³-hybridized carbons (Fsp3) is 0.0345. The standard InChI is InChI=1S/C15H11N3S.C14H10N4S/c1-2-6-11-10(5-1)16-14(17-11)9-15-18-12-7-3-4-8-13(12)19-15;1-2-6-10-9(5-1)15-13(16-10)18-14-17-11-7-3-4-8-12(11)19-14/h1-8H,9H2,(H,16,17);1-8H,(H2,15,16,17,18). The lowest BCUT2D eigenvalue weighted by atomic mass is 10.3. The molecule has 7 nitrogen and oxygen atoms in total. The zero-order valence-electron chi connectivity index (χ0n) is 20.1. The molecule has 0 atom stereocenters. The minimum Gasteiger partial charge on any atom is -0.342 e. The topological polar surface area (TPSA) is 95.2 Å². The van der Waals surface area contributed by atoms with E-state index in [2.05, 4.69) is 47.4 Å². The third kappa shape index (κ3) is 4.60. The summed E-state index contributed by atoms with van der Waals surface area (Å²) in [5.41, 5.74) is 6.14. The maximum absolute atomic E-state index is 4.64. The highest BCUT2D eigenvalue weighted by molar-refractivity contribution is 7.22. The number of nitrogens with one attached hydrogen (secondary N) is 3. The number of imidazole rings is 2. The van der Waals surface area contributed by atoms with Gasteiger partial charge >= 0.3 is 0 Å². The van der Waals surface area contributed by atoms with Crippen LogP contribution in [0.1, 0.15) is 10.8 Å². The number of H-pyrrole nitrogens is 2. The summed E-state index contributed by atoms with van der Waals surface area (Å²) in [6.45, 7) is 0. The molecule has 38 heavy (non-hydrogen) atoms. The van der Waals surface area contributed by atoms with Gasteiger partial charge in [0.15, 0.2) is 5.13 Å². The van der Waals surface area contributed by atoms with Crippen molar-refractivity contribution in [1.29, 1.82) is 0 Å². The van der Waals surface area contributed by atoms with E-state index in [9.17, 15) is 0 Å². The van der Waals surface area contributed by atoms with E-state index in [1.54, 1.807) is 22.7 Å². The average molecular weight is 532 g/mol. The highest BCUT2D eigenvalue weighted by atomic mass is 32.1. The highest BCUT2D eigenvalue weighted by Gasteiger charge is 2.08. The van der Waals surface area contributed by atoms with Gasteiger partial charge in [0.2, 0.25) is 5.95 Å². The second-order valence-corrected chi connectivity index (χ2v) is 10.8. The van der Waals surface area contributed by atoms with Crippen LogP contribution in [0.15, 0.2) is 97.1 Å². The zero-order valence-corrected chi connectivity index (χ0v) is 21.7.